The van der Waals surface area contributed by atoms with E-state index in [1.54, 1.807) is 34.9 Å². The minimum Gasteiger partial charge on any atom is -0.339 e. The molecule has 1 aliphatic rings. The number of carbonyl (C=O) groups excluding carboxylic acids is 1. The fourth-order valence-corrected chi connectivity index (χ4v) is 4.34. The molecule has 0 saturated heterocycles. The highest BCUT2D eigenvalue weighted by Crippen LogP contribution is 2.24. The van der Waals surface area contributed by atoms with Gasteiger partial charge < -0.3 is 4.90 Å². The van der Waals surface area contributed by atoms with Crippen molar-refractivity contribution >= 4 is 27.5 Å². The Kier molecular flexibility index (Phi) is 3.91. The molecular weight excluding hydrogens is 338 g/mol. The molecule has 1 aliphatic heterocycles. The predicted octanol–water partition coefficient (Wildman–Crippen LogP) is 1.41. The van der Waals surface area contributed by atoms with Gasteiger partial charge >= 0.3 is 5.69 Å². The molecule has 1 atom stereocenters. The van der Waals surface area contributed by atoms with Gasteiger partial charge in [-0.3, -0.25) is 9.36 Å². The third kappa shape index (κ3) is 2.86. The highest BCUT2D eigenvalue weighted by atomic mass is 32.1. The van der Waals surface area contributed by atoms with Gasteiger partial charge in [0.15, 0.2) is 0 Å². The van der Waals surface area contributed by atoms with Gasteiger partial charge in [0.2, 0.25) is 5.91 Å². The van der Waals surface area contributed by atoms with Crippen molar-refractivity contribution in [3.05, 3.63) is 45.6 Å². The molecule has 3 heterocycles. The number of para-hydroxylation sites is 1. The molecule has 0 N–H and O–H groups in total. The second kappa shape index (κ2) is 6.11. The topological polar surface area (TPSA) is 73.0 Å². The zero-order chi connectivity index (χ0) is 17.6. The van der Waals surface area contributed by atoms with E-state index in [1.165, 1.54) is 4.68 Å². The van der Waals surface area contributed by atoms with Crippen molar-refractivity contribution in [1.29, 1.82) is 0 Å². The Labute approximate surface area is 148 Å². The summed E-state index contributed by atoms with van der Waals surface area (Å²) in [6, 6.07) is 7.97. The summed E-state index contributed by atoms with van der Waals surface area (Å²) in [6.45, 7) is 0.897. The van der Waals surface area contributed by atoms with Gasteiger partial charge in [-0.05, 0) is 18.6 Å². The van der Waals surface area contributed by atoms with Crippen molar-refractivity contribution in [2.75, 3.05) is 7.05 Å². The van der Waals surface area contributed by atoms with Crippen molar-refractivity contribution < 1.29 is 4.79 Å². The first kappa shape index (κ1) is 16.0. The van der Waals surface area contributed by atoms with Crippen molar-refractivity contribution in [3.63, 3.8) is 0 Å². The standard InChI is InChI=1S/C17H19N5O2S/c1-20(10-15-18-12-5-3-4-6-13(12)25-15)16(23)11-7-8-14-19-21(2)17(24)22(14)9-11/h3-6,11H,7-10H2,1-2H3/t11-/m1/s1. The molecule has 130 valence electrons. The number of rotatable bonds is 3. The zero-order valence-electron chi connectivity index (χ0n) is 14.2. The van der Waals surface area contributed by atoms with E-state index >= 15 is 0 Å². The summed E-state index contributed by atoms with van der Waals surface area (Å²) in [5.41, 5.74) is 0.814. The first-order chi connectivity index (χ1) is 12.0. The molecule has 0 fully saturated rings. The van der Waals surface area contributed by atoms with Crippen LogP contribution in [0.25, 0.3) is 10.2 Å². The van der Waals surface area contributed by atoms with Gasteiger partial charge in [-0.25, -0.2) is 14.5 Å². The van der Waals surface area contributed by atoms with Gasteiger partial charge in [0.25, 0.3) is 0 Å². The Bertz CT molecular complexity index is 969. The van der Waals surface area contributed by atoms with Crippen molar-refractivity contribution in [3.8, 4) is 0 Å². The first-order valence-corrected chi connectivity index (χ1v) is 9.06. The third-order valence-corrected chi connectivity index (χ3v) is 5.66. The van der Waals surface area contributed by atoms with Crippen molar-refractivity contribution in [2.24, 2.45) is 13.0 Å². The minimum absolute atomic E-state index is 0.0562. The van der Waals surface area contributed by atoms with Crippen LogP contribution in [-0.2, 0) is 31.4 Å². The van der Waals surface area contributed by atoms with E-state index in [-0.39, 0.29) is 17.5 Å². The predicted molar refractivity (Wildman–Crippen MR) is 95.4 cm³/mol. The van der Waals surface area contributed by atoms with E-state index in [4.69, 9.17) is 0 Å². The zero-order valence-corrected chi connectivity index (χ0v) is 15.0. The van der Waals surface area contributed by atoms with Gasteiger partial charge in [0, 0.05) is 27.1 Å². The second-order valence-electron chi connectivity index (χ2n) is 6.44. The number of fused-ring (bicyclic) bond motifs is 2. The summed E-state index contributed by atoms with van der Waals surface area (Å²) in [7, 11) is 3.44. The molecule has 3 aromatic rings. The van der Waals surface area contributed by atoms with Crippen LogP contribution in [0.1, 0.15) is 17.3 Å². The average molecular weight is 357 g/mol. The van der Waals surface area contributed by atoms with Crippen LogP contribution in [0.3, 0.4) is 0 Å². The number of carbonyl (C=O) groups is 1. The molecule has 25 heavy (non-hydrogen) atoms. The number of amides is 1. The number of hydrogen-bond donors (Lipinski definition) is 0. The second-order valence-corrected chi connectivity index (χ2v) is 7.55. The summed E-state index contributed by atoms with van der Waals surface area (Å²) in [5.74, 6) is 0.639. The van der Waals surface area contributed by atoms with E-state index in [0.717, 1.165) is 27.5 Å². The highest BCUT2D eigenvalue weighted by molar-refractivity contribution is 7.18. The van der Waals surface area contributed by atoms with Gasteiger partial charge in [-0.2, -0.15) is 5.10 Å². The molecule has 0 spiro atoms. The fourth-order valence-electron chi connectivity index (χ4n) is 3.32. The molecule has 7 nitrogen and oxygen atoms in total. The van der Waals surface area contributed by atoms with Crippen LogP contribution >= 0.6 is 11.3 Å². The van der Waals surface area contributed by atoms with Crippen molar-refractivity contribution in [2.45, 2.75) is 25.9 Å². The van der Waals surface area contributed by atoms with Crippen LogP contribution < -0.4 is 5.69 Å². The maximum Gasteiger partial charge on any atom is 0.345 e. The quantitative estimate of drug-likeness (QED) is 0.710. The molecule has 0 unspecified atom stereocenters. The number of aromatic nitrogens is 4. The van der Waals surface area contributed by atoms with Crippen LogP contribution in [-0.4, -0.2) is 37.2 Å². The minimum atomic E-state index is -0.186. The SMILES string of the molecule is CN(Cc1nc2ccccc2s1)C(=O)[C@@H]1CCc2nn(C)c(=O)n2C1. The van der Waals surface area contributed by atoms with Crippen LogP contribution in [0.4, 0.5) is 0 Å². The lowest BCUT2D eigenvalue weighted by atomic mass is 9.98. The normalized spacial score (nSPS) is 16.8. The van der Waals surface area contributed by atoms with Crippen molar-refractivity contribution in [1.82, 2.24) is 24.2 Å². The first-order valence-electron chi connectivity index (χ1n) is 8.25. The average Bonchev–Trinajstić information content (AvgIpc) is 3.14. The number of thiazole rings is 1. The lowest BCUT2D eigenvalue weighted by molar-refractivity contribution is -0.135. The summed E-state index contributed by atoms with van der Waals surface area (Å²) < 4.78 is 4.09. The Morgan fingerprint density at radius 1 is 1.40 bits per heavy atom. The van der Waals surface area contributed by atoms with Gasteiger partial charge in [-0.1, -0.05) is 12.1 Å². The maximum absolute atomic E-state index is 12.8. The van der Waals surface area contributed by atoms with E-state index in [9.17, 15) is 9.59 Å². The van der Waals surface area contributed by atoms with Crippen LogP contribution in [0.15, 0.2) is 29.1 Å². The fraction of sp³-hybridized carbons (Fsp3) is 0.412. The lowest BCUT2D eigenvalue weighted by Crippen LogP contribution is -2.39. The maximum atomic E-state index is 12.8. The molecule has 1 amide bonds. The van der Waals surface area contributed by atoms with Crippen LogP contribution in [0, 0.1) is 5.92 Å². The Balaban J connectivity index is 1.49. The molecule has 4 rings (SSSR count). The summed E-state index contributed by atoms with van der Waals surface area (Å²) in [5, 5.41) is 5.14. The summed E-state index contributed by atoms with van der Waals surface area (Å²) >= 11 is 1.61. The summed E-state index contributed by atoms with van der Waals surface area (Å²) in [4.78, 5) is 31.2. The largest absolute Gasteiger partial charge is 0.345 e. The third-order valence-electron chi connectivity index (χ3n) is 4.64. The van der Waals surface area contributed by atoms with Gasteiger partial charge in [-0.15, -0.1) is 11.3 Å². The smallest absolute Gasteiger partial charge is 0.339 e. The summed E-state index contributed by atoms with van der Waals surface area (Å²) in [6.07, 6.45) is 1.38. The van der Waals surface area contributed by atoms with Gasteiger partial charge in [0.1, 0.15) is 10.8 Å². The Hall–Kier alpha value is -2.48. The number of aryl methyl sites for hydroxylation is 2. The molecule has 0 saturated carbocycles. The van der Waals surface area contributed by atoms with E-state index in [2.05, 4.69) is 10.1 Å². The molecule has 0 bridgehead atoms. The molecule has 8 heteroatoms. The molecule has 0 radical (unpaired) electrons. The van der Waals surface area contributed by atoms with E-state index in [1.807, 2.05) is 24.3 Å². The number of benzene rings is 1. The highest BCUT2D eigenvalue weighted by Gasteiger charge is 2.29. The molecular formula is C17H19N5O2S. The number of nitrogens with zero attached hydrogens (tertiary/aromatic N) is 5. The number of hydrogen-bond acceptors (Lipinski definition) is 5. The van der Waals surface area contributed by atoms with Gasteiger partial charge in [0.05, 0.1) is 22.7 Å². The Morgan fingerprint density at radius 3 is 3.00 bits per heavy atom. The Morgan fingerprint density at radius 2 is 2.20 bits per heavy atom. The molecule has 2 aromatic heterocycles. The monoisotopic (exact) mass is 357 g/mol. The molecule has 0 aliphatic carbocycles. The van der Waals surface area contributed by atoms with Crippen LogP contribution in [0.2, 0.25) is 0 Å². The van der Waals surface area contributed by atoms with E-state index in [0.29, 0.717) is 19.5 Å². The van der Waals surface area contributed by atoms with Crippen LogP contribution in [0.5, 0.6) is 0 Å². The van der Waals surface area contributed by atoms with E-state index < -0.39 is 0 Å². The molecule has 1 aromatic carbocycles. The lowest BCUT2D eigenvalue weighted by Gasteiger charge is -2.26.